The molecule has 0 spiro atoms. The standard InChI is InChI=1S/C23H19N3O2S/c29-23-25-21(18-10-4-5-13-24-18)22(26(23)15-17-9-6-14-27-17)20-12-11-19(28-20)16-7-2-1-3-8-16/h1-14,21-22H,15H2,(H,25,29)/t21-,22+/m1/s1. The van der Waals surface area contributed by atoms with E-state index in [2.05, 4.69) is 15.2 Å². The van der Waals surface area contributed by atoms with Gasteiger partial charge in [-0.3, -0.25) is 4.98 Å². The van der Waals surface area contributed by atoms with Crippen molar-refractivity contribution < 1.29 is 8.83 Å². The van der Waals surface area contributed by atoms with Gasteiger partial charge in [0, 0.05) is 11.8 Å². The van der Waals surface area contributed by atoms with Gasteiger partial charge in [-0.15, -0.1) is 0 Å². The number of nitrogens with zero attached hydrogens (tertiary/aromatic N) is 2. The third kappa shape index (κ3) is 3.43. The maximum absolute atomic E-state index is 6.30. The molecule has 6 heteroatoms. The average molecular weight is 401 g/mol. The molecular weight excluding hydrogens is 382 g/mol. The molecule has 2 atom stereocenters. The van der Waals surface area contributed by atoms with Crippen molar-refractivity contribution in [3.8, 4) is 11.3 Å². The minimum absolute atomic E-state index is 0.117. The lowest BCUT2D eigenvalue weighted by atomic mass is 10.0. The van der Waals surface area contributed by atoms with Gasteiger partial charge in [0.1, 0.15) is 23.3 Å². The van der Waals surface area contributed by atoms with Gasteiger partial charge in [0.05, 0.1) is 24.5 Å². The molecule has 1 aromatic carbocycles. The number of aromatic nitrogens is 1. The van der Waals surface area contributed by atoms with E-state index in [-0.39, 0.29) is 12.1 Å². The molecule has 4 aromatic rings. The molecule has 5 rings (SSSR count). The lowest BCUT2D eigenvalue weighted by Crippen LogP contribution is -2.28. The van der Waals surface area contributed by atoms with Crippen molar-refractivity contribution in [2.24, 2.45) is 0 Å². The summed E-state index contributed by atoms with van der Waals surface area (Å²) >= 11 is 5.67. The summed E-state index contributed by atoms with van der Waals surface area (Å²) in [5.41, 5.74) is 1.96. The van der Waals surface area contributed by atoms with Crippen molar-refractivity contribution in [1.82, 2.24) is 15.2 Å². The van der Waals surface area contributed by atoms with Crippen LogP contribution >= 0.6 is 12.2 Å². The zero-order chi connectivity index (χ0) is 19.6. The molecule has 0 bridgehead atoms. The lowest BCUT2D eigenvalue weighted by molar-refractivity contribution is 0.253. The van der Waals surface area contributed by atoms with Crippen LogP contribution in [0.1, 0.15) is 29.3 Å². The quantitative estimate of drug-likeness (QED) is 0.469. The number of nitrogens with one attached hydrogen (secondary N) is 1. The molecule has 1 aliphatic rings. The Kier molecular flexibility index (Phi) is 4.62. The van der Waals surface area contributed by atoms with Gasteiger partial charge in [-0.2, -0.15) is 0 Å². The Bertz CT molecular complexity index is 1090. The summed E-state index contributed by atoms with van der Waals surface area (Å²) in [5, 5.41) is 4.08. The topological polar surface area (TPSA) is 54.4 Å². The number of benzene rings is 1. The van der Waals surface area contributed by atoms with Crippen molar-refractivity contribution >= 4 is 17.3 Å². The minimum Gasteiger partial charge on any atom is -0.467 e. The van der Waals surface area contributed by atoms with Crippen molar-refractivity contribution in [3.63, 3.8) is 0 Å². The van der Waals surface area contributed by atoms with Crippen LogP contribution in [0.15, 0.2) is 94.1 Å². The molecule has 29 heavy (non-hydrogen) atoms. The van der Waals surface area contributed by atoms with Crippen LogP contribution in [0.4, 0.5) is 0 Å². The van der Waals surface area contributed by atoms with E-state index in [9.17, 15) is 0 Å². The molecule has 0 saturated carbocycles. The summed E-state index contributed by atoms with van der Waals surface area (Å²) in [6.45, 7) is 0.550. The van der Waals surface area contributed by atoms with E-state index in [0.29, 0.717) is 11.7 Å². The molecular formula is C23H19N3O2S. The van der Waals surface area contributed by atoms with E-state index >= 15 is 0 Å². The van der Waals surface area contributed by atoms with Crippen molar-refractivity contribution in [3.05, 3.63) is 102 Å². The summed E-state index contributed by atoms with van der Waals surface area (Å²) in [4.78, 5) is 6.65. The maximum Gasteiger partial charge on any atom is 0.170 e. The summed E-state index contributed by atoms with van der Waals surface area (Å²) in [7, 11) is 0. The summed E-state index contributed by atoms with van der Waals surface area (Å²) in [6.07, 6.45) is 3.47. The maximum atomic E-state index is 6.30. The van der Waals surface area contributed by atoms with Gasteiger partial charge < -0.3 is 19.1 Å². The molecule has 1 fully saturated rings. The predicted molar refractivity (Wildman–Crippen MR) is 114 cm³/mol. The number of hydrogen-bond acceptors (Lipinski definition) is 4. The van der Waals surface area contributed by atoms with Crippen LogP contribution in [0, 0.1) is 0 Å². The highest BCUT2D eigenvalue weighted by Crippen LogP contribution is 2.41. The van der Waals surface area contributed by atoms with Gasteiger partial charge in [-0.1, -0.05) is 36.4 Å². The molecule has 1 N–H and O–H groups in total. The smallest absolute Gasteiger partial charge is 0.170 e. The fourth-order valence-corrected chi connectivity index (χ4v) is 4.03. The highest BCUT2D eigenvalue weighted by Gasteiger charge is 2.42. The van der Waals surface area contributed by atoms with Crippen LogP contribution < -0.4 is 5.32 Å². The predicted octanol–water partition coefficient (Wildman–Crippen LogP) is 5.11. The number of furan rings is 2. The van der Waals surface area contributed by atoms with Gasteiger partial charge in [0.2, 0.25) is 0 Å². The number of hydrogen-bond donors (Lipinski definition) is 1. The Hall–Kier alpha value is -3.38. The van der Waals surface area contributed by atoms with Gasteiger partial charge in [0.25, 0.3) is 0 Å². The van der Waals surface area contributed by atoms with E-state index in [1.165, 1.54) is 0 Å². The first-order chi connectivity index (χ1) is 14.3. The number of rotatable bonds is 5. The molecule has 1 aliphatic heterocycles. The number of pyridine rings is 1. The van der Waals surface area contributed by atoms with Gasteiger partial charge in [-0.05, 0) is 48.6 Å². The van der Waals surface area contributed by atoms with Gasteiger partial charge >= 0.3 is 0 Å². The highest BCUT2D eigenvalue weighted by molar-refractivity contribution is 7.80. The zero-order valence-corrected chi connectivity index (χ0v) is 16.4. The molecule has 5 nitrogen and oxygen atoms in total. The summed E-state index contributed by atoms with van der Waals surface area (Å²) in [6, 6.07) is 23.6. The Balaban J connectivity index is 1.54. The zero-order valence-electron chi connectivity index (χ0n) is 15.6. The lowest BCUT2D eigenvalue weighted by Gasteiger charge is -2.25. The molecule has 1 saturated heterocycles. The monoisotopic (exact) mass is 401 g/mol. The van der Waals surface area contributed by atoms with E-state index in [0.717, 1.165) is 28.5 Å². The van der Waals surface area contributed by atoms with Crippen LogP contribution in [-0.2, 0) is 6.54 Å². The van der Waals surface area contributed by atoms with Crippen molar-refractivity contribution in [2.45, 2.75) is 18.6 Å². The van der Waals surface area contributed by atoms with Crippen LogP contribution in [0.2, 0.25) is 0 Å². The Morgan fingerprint density at radius 1 is 0.966 bits per heavy atom. The fourth-order valence-electron chi connectivity index (χ4n) is 3.72. The van der Waals surface area contributed by atoms with Gasteiger partial charge in [0.15, 0.2) is 5.11 Å². The Morgan fingerprint density at radius 2 is 1.83 bits per heavy atom. The van der Waals surface area contributed by atoms with E-state index in [4.69, 9.17) is 21.1 Å². The SMILES string of the molecule is S=C1N[C@H](c2ccccn2)[C@H](c2ccc(-c3ccccc3)o2)N1Cc1ccco1. The fraction of sp³-hybridized carbons (Fsp3) is 0.130. The van der Waals surface area contributed by atoms with E-state index in [1.54, 1.807) is 12.5 Å². The first-order valence-corrected chi connectivity index (χ1v) is 9.86. The molecule has 0 radical (unpaired) electrons. The van der Waals surface area contributed by atoms with Crippen LogP contribution in [0.3, 0.4) is 0 Å². The average Bonchev–Trinajstić information content (AvgIpc) is 3.51. The molecule has 0 amide bonds. The van der Waals surface area contributed by atoms with Gasteiger partial charge in [-0.25, -0.2) is 0 Å². The summed E-state index contributed by atoms with van der Waals surface area (Å²) in [5.74, 6) is 2.50. The van der Waals surface area contributed by atoms with Crippen LogP contribution in [0.5, 0.6) is 0 Å². The first-order valence-electron chi connectivity index (χ1n) is 9.45. The summed E-state index contributed by atoms with van der Waals surface area (Å²) < 4.78 is 11.9. The van der Waals surface area contributed by atoms with E-state index in [1.807, 2.05) is 72.8 Å². The molecule has 144 valence electrons. The molecule has 3 aromatic heterocycles. The van der Waals surface area contributed by atoms with Crippen LogP contribution in [-0.4, -0.2) is 15.0 Å². The first kappa shape index (κ1) is 17.7. The Morgan fingerprint density at radius 3 is 2.59 bits per heavy atom. The highest BCUT2D eigenvalue weighted by atomic mass is 32.1. The minimum atomic E-state index is -0.139. The second-order valence-electron chi connectivity index (χ2n) is 6.90. The third-order valence-corrected chi connectivity index (χ3v) is 5.43. The normalized spacial score (nSPS) is 18.8. The molecule has 4 heterocycles. The Labute approximate surface area is 174 Å². The second kappa shape index (κ2) is 7.56. The number of thiocarbonyl (C=S) groups is 1. The van der Waals surface area contributed by atoms with Crippen molar-refractivity contribution in [2.75, 3.05) is 0 Å². The van der Waals surface area contributed by atoms with E-state index < -0.39 is 0 Å². The van der Waals surface area contributed by atoms with Crippen LogP contribution in [0.25, 0.3) is 11.3 Å². The molecule has 0 aliphatic carbocycles. The second-order valence-corrected chi connectivity index (χ2v) is 7.29. The van der Waals surface area contributed by atoms with Crippen molar-refractivity contribution in [1.29, 1.82) is 0 Å². The molecule has 0 unspecified atom stereocenters. The third-order valence-electron chi connectivity index (χ3n) is 5.08. The largest absolute Gasteiger partial charge is 0.467 e.